The molecule has 1 unspecified atom stereocenters. The molecule has 0 saturated heterocycles. The average molecular weight is 314 g/mol. The molecule has 1 aromatic heterocycles. The van der Waals surface area contributed by atoms with E-state index >= 15 is 0 Å². The fraction of sp³-hybridized carbons (Fsp3) is 0.385. The Morgan fingerprint density at radius 3 is 2.90 bits per heavy atom. The van der Waals surface area contributed by atoms with Crippen molar-refractivity contribution in [2.45, 2.75) is 6.04 Å². The van der Waals surface area contributed by atoms with Crippen LogP contribution in [0.2, 0.25) is 5.02 Å². The molecule has 1 atom stereocenters. The number of hydrogen-bond acceptors (Lipinski definition) is 6. The summed E-state index contributed by atoms with van der Waals surface area (Å²) in [4.78, 5) is 12.5. The molecule has 0 aliphatic heterocycles. The Balaban J connectivity index is 2.05. The summed E-state index contributed by atoms with van der Waals surface area (Å²) in [5.41, 5.74) is 5.55. The smallest absolute Gasteiger partial charge is 0.404 e. The van der Waals surface area contributed by atoms with Gasteiger partial charge in [-0.25, -0.2) is 4.79 Å². The lowest BCUT2D eigenvalue weighted by Gasteiger charge is -2.22. The average Bonchev–Trinajstić information content (AvgIpc) is 2.80. The third kappa shape index (κ3) is 3.99. The number of benzene rings is 1. The Morgan fingerprint density at radius 2 is 2.24 bits per heavy atom. The van der Waals surface area contributed by atoms with Crippen LogP contribution in [0.3, 0.4) is 0 Å². The molecule has 0 aliphatic rings. The summed E-state index contributed by atoms with van der Waals surface area (Å²) in [6.45, 7) is 0.382. The number of nitrogens with zero attached hydrogens (tertiary/aromatic N) is 2. The van der Waals surface area contributed by atoms with Crippen molar-refractivity contribution in [3.8, 4) is 5.88 Å². The molecule has 7 nitrogen and oxygen atoms in total. The van der Waals surface area contributed by atoms with Crippen molar-refractivity contribution in [1.82, 2.24) is 10.1 Å². The first-order valence-electron chi connectivity index (χ1n) is 6.23. The number of ether oxygens (including phenoxy) is 2. The van der Waals surface area contributed by atoms with Gasteiger partial charge in [0.2, 0.25) is 0 Å². The summed E-state index contributed by atoms with van der Waals surface area (Å²) in [5, 5.41) is 5.11. The second-order valence-electron chi connectivity index (χ2n) is 4.69. The number of aromatic nitrogens is 1. The van der Waals surface area contributed by atoms with Gasteiger partial charge in [0, 0.05) is 5.02 Å². The van der Waals surface area contributed by atoms with Gasteiger partial charge in [-0.2, -0.15) is 0 Å². The van der Waals surface area contributed by atoms with Gasteiger partial charge in [0.05, 0.1) is 11.4 Å². The molecule has 0 radical (unpaired) electrons. The number of hydrogen-bond donors (Lipinski definition) is 1. The Kier molecular flexibility index (Phi) is 4.87. The molecule has 0 spiro atoms. The molecule has 1 amide bonds. The SMILES string of the molecule is CN(C)C(COC(N)=O)COc1noc2ccc(Cl)cc12. The lowest BCUT2D eigenvalue weighted by Crippen LogP contribution is -2.39. The van der Waals surface area contributed by atoms with Gasteiger partial charge in [-0.1, -0.05) is 11.6 Å². The monoisotopic (exact) mass is 313 g/mol. The Morgan fingerprint density at radius 1 is 1.48 bits per heavy atom. The summed E-state index contributed by atoms with van der Waals surface area (Å²) in [7, 11) is 3.69. The first-order chi connectivity index (χ1) is 9.97. The number of fused-ring (bicyclic) bond motifs is 1. The molecule has 1 aromatic carbocycles. The van der Waals surface area contributed by atoms with Crippen LogP contribution in [0, 0.1) is 0 Å². The molecule has 0 fully saturated rings. The minimum absolute atomic E-state index is 0.124. The van der Waals surface area contributed by atoms with Crippen LogP contribution in [0.5, 0.6) is 5.88 Å². The molecule has 2 rings (SSSR count). The first kappa shape index (κ1) is 15.4. The highest BCUT2D eigenvalue weighted by Crippen LogP contribution is 2.27. The molecular formula is C13H16ClN3O4. The number of carbonyl (C=O) groups excluding carboxylic acids is 1. The van der Waals surface area contributed by atoms with Crippen molar-refractivity contribution in [3.63, 3.8) is 0 Å². The zero-order valence-corrected chi connectivity index (χ0v) is 12.5. The second-order valence-corrected chi connectivity index (χ2v) is 5.12. The van der Waals surface area contributed by atoms with E-state index in [2.05, 4.69) is 5.16 Å². The summed E-state index contributed by atoms with van der Waals surface area (Å²) < 4.78 is 15.6. The lowest BCUT2D eigenvalue weighted by molar-refractivity contribution is 0.0901. The molecule has 8 heteroatoms. The van der Waals surface area contributed by atoms with Gasteiger partial charge in [0.1, 0.15) is 13.2 Å². The number of primary amides is 1. The Bertz CT molecular complexity index is 629. The topological polar surface area (TPSA) is 90.8 Å². The van der Waals surface area contributed by atoms with E-state index in [4.69, 9.17) is 31.3 Å². The third-order valence-electron chi connectivity index (χ3n) is 2.96. The van der Waals surface area contributed by atoms with Crippen LogP contribution in [0.15, 0.2) is 22.7 Å². The summed E-state index contributed by atoms with van der Waals surface area (Å²) in [5.74, 6) is 0.346. The molecule has 1 heterocycles. The molecule has 0 saturated carbocycles. The van der Waals surface area contributed by atoms with Crippen molar-refractivity contribution in [2.24, 2.45) is 5.73 Å². The molecule has 21 heavy (non-hydrogen) atoms. The Labute approximate surface area is 126 Å². The van der Waals surface area contributed by atoms with Gasteiger partial charge >= 0.3 is 6.09 Å². The van der Waals surface area contributed by atoms with E-state index in [-0.39, 0.29) is 19.3 Å². The van der Waals surface area contributed by atoms with Crippen LogP contribution in [0.1, 0.15) is 0 Å². The van der Waals surface area contributed by atoms with Crippen molar-refractivity contribution in [1.29, 1.82) is 0 Å². The number of amides is 1. The first-order valence-corrected chi connectivity index (χ1v) is 6.61. The normalized spacial score (nSPS) is 12.6. The maximum atomic E-state index is 10.7. The number of rotatable bonds is 6. The molecular weight excluding hydrogens is 298 g/mol. The van der Waals surface area contributed by atoms with E-state index in [1.807, 2.05) is 19.0 Å². The highest BCUT2D eigenvalue weighted by Gasteiger charge is 2.17. The van der Waals surface area contributed by atoms with Crippen LogP contribution in [-0.2, 0) is 4.74 Å². The lowest BCUT2D eigenvalue weighted by atomic mass is 10.2. The predicted molar refractivity (Wildman–Crippen MR) is 77.5 cm³/mol. The molecule has 114 valence electrons. The van der Waals surface area contributed by atoms with Crippen LogP contribution in [-0.4, -0.2) is 49.5 Å². The van der Waals surface area contributed by atoms with Crippen molar-refractivity contribution in [3.05, 3.63) is 23.2 Å². The van der Waals surface area contributed by atoms with Crippen LogP contribution in [0.25, 0.3) is 11.0 Å². The summed E-state index contributed by atoms with van der Waals surface area (Å²) in [6.07, 6.45) is -0.819. The minimum Gasteiger partial charge on any atom is -0.473 e. The van der Waals surface area contributed by atoms with Crippen LogP contribution < -0.4 is 10.5 Å². The second kappa shape index (κ2) is 6.64. The number of nitrogens with two attached hydrogens (primary N) is 1. The summed E-state index contributed by atoms with van der Waals surface area (Å²) in [6, 6.07) is 4.98. The van der Waals surface area contributed by atoms with Crippen LogP contribution in [0.4, 0.5) is 4.79 Å². The zero-order valence-electron chi connectivity index (χ0n) is 11.7. The molecule has 2 aromatic rings. The van der Waals surface area contributed by atoms with Crippen molar-refractivity contribution in [2.75, 3.05) is 27.3 Å². The summed E-state index contributed by atoms with van der Waals surface area (Å²) >= 11 is 5.94. The quantitative estimate of drug-likeness (QED) is 0.875. The molecule has 0 aliphatic carbocycles. The van der Waals surface area contributed by atoms with Crippen molar-refractivity contribution < 1.29 is 18.8 Å². The fourth-order valence-electron chi connectivity index (χ4n) is 1.69. The number of likely N-dealkylation sites (N-methyl/N-ethyl adjacent to an activating group) is 1. The van der Waals surface area contributed by atoms with E-state index in [0.29, 0.717) is 21.9 Å². The van der Waals surface area contributed by atoms with Crippen molar-refractivity contribution >= 4 is 28.7 Å². The van der Waals surface area contributed by atoms with Crippen LogP contribution >= 0.6 is 11.6 Å². The van der Waals surface area contributed by atoms with Gasteiger partial charge in [0.25, 0.3) is 5.88 Å². The van der Waals surface area contributed by atoms with E-state index in [1.165, 1.54) is 0 Å². The van der Waals surface area contributed by atoms with E-state index in [9.17, 15) is 4.79 Å². The largest absolute Gasteiger partial charge is 0.473 e. The minimum atomic E-state index is -0.819. The molecule has 2 N–H and O–H groups in total. The highest BCUT2D eigenvalue weighted by molar-refractivity contribution is 6.31. The zero-order chi connectivity index (χ0) is 15.4. The van der Waals surface area contributed by atoms with Gasteiger partial charge < -0.3 is 24.6 Å². The predicted octanol–water partition coefficient (Wildman–Crippen LogP) is 1.89. The van der Waals surface area contributed by atoms with E-state index < -0.39 is 6.09 Å². The van der Waals surface area contributed by atoms with E-state index in [1.54, 1.807) is 18.2 Å². The molecule has 0 bridgehead atoms. The van der Waals surface area contributed by atoms with E-state index in [0.717, 1.165) is 0 Å². The standard InChI is InChI=1S/C13H16ClN3O4/c1-17(2)9(7-20-13(15)18)6-19-12-10-5-8(14)3-4-11(10)21-16-12/h3-5,9H,6-7H2,1-2H3,(H2,15,18). The maximum Gasteiger partial charge on any atom is 0.404 e. The van der Waals surface area contributed by atoms with Gasteiger partial charge in [0.15, 0.2) is 5.58 Å². The maximum absolute atomic E-state index is 10.7. The number of carbonyl (C=O) groups is 1. The fourth-order valence-corrected chi connectivity index (χ4v) is 1.86. The third-order valence-corrected chi connectivity index (χ3v) is 3.19. The van der Waals surface area contributed by atoms with Gasteiger partial charge in [-0.15, -0.1) is 0 Å². The highest BCUT2D eigenvalue weighted by atomic mass is 35.5. The van der Waals surface area contributed by atoms with Gasteiger partial charge in [-0.3, -0.25) is 0 Å². The van der Waals surface area contributed by atoms with Gasteiger partial charge in [-0.05, 0) is 37.5 Å². The number of halogens is 1. The Hall–Kier alpha value is -1.99.